The summed E-state index contributed by atoms with van der Waals surface area (Å²) >= 11 is 0.870. The van der Waals surface area contributed by atoms with E-state index in [9.17, 15) is 13.6 Å². The average molecular weight is 447 g/mol. The normalized spacial score (nSPS) is 16.9. The highest BCUT2D eigenvalue weighted by Gasteiger charge is 2.25. The Kier molecular flexibility index (Phi) is 5.90. The maximum atomic E-state index is 14.1. The Morgan fingerprint density at radius 1 is 1.26 bits per heavy atom. The third-order valence-electron chi connectivity index (χ3n) is 5.52. The van der Waals surface area contributed by atoms with Gasteiger partial charge in [-0.1, -0.05) is 24.3 Å². The van der Waals surface area contributed by atoms with Crippen LogP contribution in [0.2, 0.25) is 0 Å². The molecule has 1 aromatic carbocycles. The van der Waals surface area contributed by atoms with Crippen molar-refractivity contribution in [3.8, 4) is 10.6 Å². The Hall–Kier alpha value is -3.01. The number of aromatic nitrogens is 3. The summed E-state index contributed by atoms with van der Waals surface area (Å²) in [5, 5.41) is 7.23. The van der Waals surface area contributed by atoms with Crippen molar-refractivity contribution in [3.05, 3.63) is 41.7 Å². The van der Waals surface area contributed by atoms with Gasteiger partial charge in [0, 0.05) is 20.1 Å². The van der Waals surface area contributed by atoms with Crippen molar-refractivity contribution in [3.63, 3.8) is 0 Å². The molecule has 0 spiro atoms. The van der Waals surface area contributed by atoms with E-state index < -0.39 is 17.5 Å². The zero-order chi connectivity index (χ0) is 22.1. The molecule has 1 aliphatic rings. The van der Waals surface area contributed by atoms with Gasteiger partial charge >= 0.3 is 0 Å². The zero-order valence-corrected chi connectivity index (χ0v) is 18.2. The van der Waals surface area contributed by atoms with E-state index in [0.717, 1.165) is 55.2 Å². The lowest BCUT2D eigenvalue weighted by Gasteiger charge is -2.24. The van der Waals surface area contributed by atoms with Crippen LogP contribution in [0.4, 0.5) is 25.3 Å². The number of carbonyl (C=O) groups is 1. The van der Waals surface area contributed by atoms with Crippen LogP contribution in [0, 0.1) is 17.6 Å². The van der Waals surface area contributed by atoms with E-state index in [0.29, 0.717) is 11.6 Å². The van der Waals surface area contributed by atoms with Gasteiger partial charge in [0.25, 0.3) is 5.91 Å². The van der Waals surface area contributed by atoms with Crippen molar-refractivity contribution in [2.24, 2.45) is 13.0 Å². The Balaban J connectivity index is 1.60. The summed E-state index contributed by atoms with van der Waals surface area (Å²) in [6, 6.07) is 3.55. The summed E-state index contributed by atoms with van der Waals surface area (Å²) in [7, 11) is 1.83. The number of rotatable bonds is 4. The number of benzene rings is 1. The lowest BCUT2D eigenvalue weighted by molar-refractivity contribution is 0.102. The molecule has 1 fully saturated rings. The van der Waals surface area contributed by atoms with Crippen molar-refractivity contribution < 1.29 is 13.6 Å². The third kappa shape index (κ3) is 4.25. The minimum Gasteiger partial charge on any atom is -0.389 e. The first-order chi connectivity index (χ1) is 14.8. The second-order valence-corrected chi connectivity index (χ2v) is 8.84. The number of amides is 1. The zero-order valence-electron chi connectivity index (χ0n) is 17.4. The van der Waals surface area contributed by atoms with E-state index in [-0.39, 0.29) is 21.3 Å². The number of hydrogen-bond donors (Lipinski definition) is 2. The van der Waals surface area contributed by atoms with Crippen LogP contribution in [0.5, 0.6) is 0 Å². The first-order valence-corrected chi connectivity index (χ1v) is 11.0. The quantitative estimate of drug-likeness (QED) is 0.624. The van der Waals surface area contributed by atoms with Gasteiger partial charge in [0.05, 0.1) is 11.8 Å². The predicted molar refractivity (Wildman–Crippen MR) is 118 cm³/mol. The minimum absolute atomic E-state index is 0.0196. The molecular formula is C21H24F2N6OS. The summed E-state index contributed by atoms with van der Waals surface area (Å²) in [4.78, 5) is 19.3. The monoisotopic (exact) mass is 446 g/mol. The van der Waals surface area contributed by atoms with Crippen LogP contribution in [0.15, 0.2) is 24.4 Å². The van der Waals surface area contributed by atoms with E-state index in [4.69, 9.17) is 5.73 Å². The number of thiazole rings is 1. The number of nitrogen functional groups attached to an aromatic ring is 1. The SMILES string of the molecule is C[C@@H]1CCCN(c2c(NC(=O)c3nc(-c4c(F)cccc4F)sc3N)cnn2C)CC1. The number of nitrogens with one attached hydrogen (secondary N) is 1. The predicted octanol–water partition coefficient (Wildman–Crippen LogP) is 4.28. The summed E-state index contributed by atoms with van der Waals surface area (Å²) in [5.74, 6) is -0.592. The fourth-order valence-electron chi connectivity index (χ4n) is 3.85. The van der Waals surface area contributed by atoms with Gasteiger partial charge in [-0.25, -0.2) is 13.8 Å². The van der Waals surface area contributed by atoms with Crippen LogP contribution in [0.1, 0.15) is 36.7 Å². The molecule has 0 aliphatic carbocycles. The maximum Gasteiger partial charge on any atom is 0.277 e. The Bertz CT molecular complexity index is 1090. The molecule has 3 aromatic rings. The van der Waals surface area contributed by atoms with Crippen molar-refractivity contribution >= 4 is 33.8 Å². The minimum atomic E-state index is -0.759. The van der Waals surface area contributed by atoms with Gasteiger partial charge in [0.2, 0.25) is 0 Å². The lowest BCUT2D eigenvalue weighted by Crippen LogP contribution is -2.28. The molecular weight excluding hydrogens is 422 g/mol. The smallest absolute Gasteiger partial charge is 0.277 e. The highest BCUT2D eigenvalue weighted by atomic mass is 32.1. The number of carbonyl (C=O) groups excluding carboxylic acids is 1. The first-order valence-electron chi connectivity index (χ1n) is 10.1. The molecule has 2 aromatic heterocycles. The Morgan fingerprint density at radius 2 is 2.00 bits per heavy atom. The number of aryl methyl sites for hydroxylation is 1. The van der Waals surface area contributed by atoms with Crippen molar-refractivity contribution in [2.45, 2.75) is 26.2 Å². The van der Waals surface area contributed by atoms with Gasteiger partial charge in [0.15, 0.2) is 11.5 Å². The van der Waals surface area contributed by atoms with Crippen molar-refractivity contribution in [2.75, 3.05) is 29.0 Å². The average Bonchev–Trinajstić information content (AvgIpc) is 3.19. The molecule has 0 unspecified atom stereocenters. The molecule has 3 N–H and O–H groups in total. The second kappa shape index (κ2) is 8.62. The van der Waals surface area contributed by atoms with Gasteiger partial charge in [0.1, 0.15) is 27.3 Å². The molecule has 4 rings (SSSR count). The summed E-state index contributed by atoms with van der Waals surface area (Å²) in [6.45, 7) is 4.00. The topological polar surface area (TPSA) is 89.1 Å². The van der Waals surface area contributed by atoms with Crippen molar-refractivity contribution in [1.29, 1.82) is 0 Å². The molecule has 7 nitrogen and oxygen atoms in total. The van der Waals surface area contributed by atoms with Gasteiger partial charge < -0.3 is 16.0 Å². The highest BCUT2D eigenvalue weighted by molar-refractivity contribution is 7.19. The molecule has 31 heavy (non-hydrogen) atoms. The number of nitrogens with zero attached hydrogens (tertiary/aromatic N) is 4. The fraction of sp³-hybridized carbons (Fsp3) is 0.381. The van der Waals surface area contributed by atoms with Gasteiger partial charge in [-0.05, 0) is 37.3 Å². The molecule has 0 saturated carbocycles. The number of halogens is 2. The van der Waals surface area contributed by atoms with E-state index >= 15 is 0 Å². The van der Waals surface area contributed by atoms with Crippen molar-refractivity contribution in [1.82, 2.24) is 14.8 Å². The molecule has 10 heteroatoms. The van der Waals surface area contributed by atoms with Gasteiger partial charge in [-0.2, -0.15) is 5.10 Å². The molecule has 0 radical (unpaired) electrons. The molecule has 1 saturated heterocycles. The maximum absolute atomic E-state index is 14.1. The summed E-state index contributed by atoms with van der Waals surface area (Å²) < 4.78 is 30.0. The lowest BCUT2D eigenvalue weighted by atomic mass is 10.0. The fourth-order valence-corrected chi connectivity index (χ4v) is 4.73. The van der Waals surface area contributed by atoms with Crippen LogP contribution in [-0.2, 0) is 7.05 Å². The van der Waals surface area contributed by atoms with E-state index in [2.05, 4.69) is 27.2 Å². The molecule has 3 heterocycles. The van der Waals surface area contributed by atoms with Gasteiger partial charge in [-0.3, -0.25) is 9.48 Å². The summed E-state index contributed by atoms with van der Waals surface area (Å²) in [6.07, 6.45) is 4.88. The molecule has 164 valence electrons. The highest BCUT2D eigenvalue weighted by Crippen LogP contribution is 2.34. The second-order valence-electron chi connectivity index (χ2n) is 7.81. The third-order valence-corrected chi connectivity index (χ3v) is 6.42. The van der Waals surface area contributed by atoms with E-state index in [1.165, 1.54) is 12.5 Å². The number of hydrogen-bond acceptors (Lipinski definition) is 6. The van der Waals surface area contributed by atoms with Crippen LogP contribution in [0.25, 0.3) is 10.6 Å². The van der Waals surface area contributed by atoms with Gasteiger partial charge in [-0.15, -0.1) is 0 Å². The number of nitrogens with two attached hydrogens (primary N) is 1. The first kappa shape index (κ1) is 21.2. The number of anilines is 3. The van der Waals surface area contributed by atoms with Crippen LogP contribution in [-0.4, -0.2) is 33.8 Å². The molecule has 1 aliphatic heterocycles. The van der Waals surface area contributed by atoms with E-state index in [1.807, 2.05) is 7.05 Å². The Morgan fingerprint density at radius 3 is 2.74 bits per heavy atom. The van der Waals surface area contributed by atoms with E-state index in [1.54, 1.807) is 10.9 Å². The van der Waals surface area contributed by atoms with Crippen LogP contribution >= 0.6 is 11.3 Å². The largest absolute Gasteiger partial charge is 0.389 e. The van der Waals surface area contributed by atoms with Crippen LogP contribution in [0.3, 0.4) is 0 Å². The Labute approximate surface area is 182 Å². The standard InChI is InChI=1S/C21H24F2N6OS/c1-12-5-4-9-29(10-8-12)21-15(11-25-28(21)2)26-19(30)17-18(24)31-20(27-17)16-13(22)6-3-7-14(16)23/h3,6-7,11-12H,4-5,8-10,24H2,1-2H3,(H,26,30)/t12-/m1/s1. The molecule has 1 amide bonds. The molecule has 0 bridgehead atoms. The molecule has 1 atom stereocenters. The summed E-state index contributed by atoms with van der Waals surface area (Å²) in [5.41, 5.74) is 6.16. The van der Waals surface area contributed by atoms with Crippen LogP contribution < -0.4 is 16.0 Å².